The number of aliphatic hydroxyl groups excluding tert-OH is 1. The number of nitrogens with one attached hydrogen (secondary N) is 1. The van der Waals surface area contributed by atoms with Crippen molar-refractivity contribution >= 4 is 29.4 Å². The summed E-state index contributed by atoms with van der Waals surface area (Å²) in [6, 6.07) is 7.16. The van der Waals surface area contributed by atoms with Crippen molar-refractivity contribution in [3.63, 3.8) is 0 Å². The lowest BCUT2D eigenvalue weighted by Gasteiger charge is -2.61. The second kappa shape index (κ2) is 12.4. The van der Waals surface area contributed by atoms with Crippen molar-refractivity contribution in [1.82, 2.24) is 5.32 Å². The first-order chi connectivity index (χ1) is 19.7. The van der Waals surface area contributed by atoms with Gasteiger partial charge in [-0.2, -0.15) is 0 Å². The second-order valence-electron chi connectivity index (χ2n) is 14.0. The zero-order valence-corrected chi connectivity index (χ0v) is 27.0. The molecule has 9 atom stereocenters. The number of esters is 1. The SMILES string of the molecule is C=C[C@]1(C)C[C@@H](OC(=O)CSc2cccc(CNC(=O)[C@H](N)C(C)C)c2)[C@]2(C)C(C)CCC3(CCC(=O)C32)[C@@H](C)[C@@H]1O. The van der Waals surface area contributed by atoms with Gasteiger partial charge in [0.25, 0.3) is 0 Å². The highest BCUT2D eigenvalue weighted by molar-refractivity contribution is 8.00. The number of thioether (sulfide) groups is 1. The molecule has 42 heavy (non-hydrogen) atoms. The third kappa shape index (κ3) is 5.83. The molecule has 4 rings (SSSR count). The van der Waals surface area contributed by atoms with Crippen LogP contribution in [-0.2, 0) is 25.7 Å². The molecule has 0 aliphatic heterocycles. The Kier molecular flexibility index (Phi) is 9.71. The van der Waals surface area contributed by atoms with E-state index in [1.54, 1.807) is 0 Å². The predicted octanol–water partition coefficient (Wildman–Crippen LogP) is 5.28. The number of aliphatic hydroxyl groups is 1. The standard InChI is InChI=1S/C34H50N2O5S/c1-8-32(6)17-26(33(7)21(4)12-14-34(22(5)30(32)39)15-13-25(37)29(33)34)41-27(38)19-42-24-11-9-10-23(16-24)18-36-31(40)28(35)20(2)3/h8-11,16,20-22,26,28-30,39H,1,12-15,17-19,35H2,2-7H3,(H,36,40)/t21?,22-,26+,28+,29?,30-,32+,33-,34?/m0/s1. The van der Waals surface area contributed by atoms with Gasteiger partial charge >= 0.3 is 5.97 Å². The maximum absolute atomic E-state index is 13.6. The Morgan fingerprint density at radius 3 is 2.64 bits per heavy atom. The number of nitrogens with two attached hydrogens (primary N) is 1. The Morgan fingerprint density at radius 2 is 1.98 bits per heavy atom. The summed E-state index contributed by atoms with van der Waals surface area (Å²) in [5.74, 6) is -0.225. The number of carbonyl (C=O) groups excluding carboxylic acids is 3. The van der Waals surface area contributed by atoms with E-state index in [0.29, 0.717) is 19.4 Å². The van der Waals surface area contributed by atoms with E-state index in [9.17, 15) is 19.5 Å². The van der Waals surface area contributed by atoms with Crippen LogP contribution in [0.15, 0.2) is 41.8 Å². The zero-order chi connectivity index (χ0) is 31.0. The first kappa shape index (κ1) is 32.7. The molecular weight excluding hydrogens is 548 g/mol. The van der Waals surface area contributed by atoms with Crippen molar-refractivity contribution in [2.24, 2.45) is 45.7 Å². The van der Waals surface area contributed by atoms with Crippen LogP contribution in [-0.4, -0.2) is 46.8 Å². The third-order valence-electron chi connectivity index (χ3n) is 11.3. The molecule has 1 amide bonds. The fraction of sp³-hybridized carbons (Fsp3) is 0.676. The van der Waals surface area contributed by atoms with Crippen molar-refractivity contribution in [3.8, 4) is 0 Å². The molecule has 3 fully saturated rings. The Labute approximate surface area is 255 Å². The highest BCUT2D eigenvalue weighted by Gasteiger charge is 2.68. The molecule has 2 bridgehead atoms. The summed E-state index contributed by atoms with van der Waals surface area (Å²) in [6.07, 6.45) is 4.18. The van der Waals surface area contributed by atoms with Crippen molar-refractivity contribution in [2.75, 3.05) is 5.75 Å². The van der Waals surface area contributed by atoms with Crippen LogP contribution in [0.25, 0.3) is 0 Å². The van der Waals surface area contributed by atoms with Gasteiger partial charge in [0, 0.05) is 34.6 Å². The second-order valence-corrected chi connectivity index (χ2v) is 15.0. The minimum absolute atomic E-state index is 0.0498. The van der Waals surface area contributed by atoms with E-state index in [2.05, 4.69) is 32.7 Å². The van der Waals surface area contributed by atoms with Gasteiger partial charge in [0.05, 0.1) is 17.9 Å². The largest absolute Gasteiger partial charge is 0.461 e. The van der Waals surface area contributed by atoms with Crippen LogP contribution in [0.1, 0.15) is 79.2 Å². The molecule has 0 radical (unpaired) electrons. The van der Waals surface area contributed by atoms with E-state index < -0.39 is 29.1 Å². The lowest BCUT2D eigenvalue weighted by molar-refractivity contribution is -0.205. The number of amides is 1. The van der Waals surface area contributed by atoms with Crippen LogP contribution in [0.3, 0.4) is 0 Å². The molecule has 3 saturated carbocycles. The minimum Gasteiger partial charge on any atom is -0.461 e. The predicted molar refractivity (Wildman–Crippen MR) is 166 cm³/mol. The molecule has 0 aromatic heterocycles. The van der Waals surface area contributed by atoms with Crippen LogP contribution in [0.5, 0.6) is 0 Å². The summed E-state index contributed by atoms with van der Waals surface area (Å²) in [4.78, 5) is 40.2. The van der Waals surface area contributed by atoms with Crippen LogP contribution < -0.4 is 11.1 Å². The van der Waals surface area contributed by atoms with E-state index in [1.165, 1.54) is 11.8 Å². The maximum Gasteiger partial charge on any atom is 0.316 e. The van der Waals surface area contributed by atoms with Crippen LogP contribution >= 0.6 is 11.8 Å². The molecular formula is C34H50N2O5S. The summed E-state index contributed by atoms with van der Waals surface area (Å²) in [7, 11) is 0. The van der Waals surface area contributed by atoms with Crippen molar-refractivity contribution in [1.29, 1.82) is 0 Å². The number of carbonyl (C=O) groups is 3. The van der Waals surface area contributed by atoms with E-state index in [4.69, 9.17) is 10.5 Å². The summed E-state index contributed by atoms with van der Waals surface area (Å²) >= 11 is 1.39. The van der Waals surface area contributed by atoms with E-state index >= 15 is 0 Å². The van der Waals surface area contributed by atoms with Crippen molar-refractivity contribution in [3.05, 3.63) is 42.5 Å². The summed E-state index contributed by atoms with van der Waals surface area (Å²) in [5, 5.41) is 14.6. The van der Waals surface area contributed by atoms with Crippen LogP contribution in [0, 0.1) is 39.9 Å². The highest BCUT2D eigenvalue weighted by Crippen LogP contribution is 2.68. The molecule has 3 aliphatic rings. The zero-order valence-electron chi connectivity index (χ0n) is 26.2. The first-order valence-corrected chi connectivity index (χ1v) is 16.5. The molecule has 232 valence electrons. The summed E-state index contributed by atoms with van der Waals surface area (Å²) < 4.78 is 6.36. The number of ether oxygens (including phenoxy) is 1. The van der Waals surface area contributed by atoms with E-state index in [1.807, 2.05) is 51.1 Å². The smallest absolute Gasteiger partial charge is 0.316 e. The average molecular weight is 599 g/mol. The lowest BCUT2D eigenvalue weighted by Crippen LogP contribution is -2.63. The van der Waals surface area contributed by atoms with Gasteiger partial charge in [-0.1, -0.05) is 59.8 Å². The molecule has 1 aromatic carbocycles. The monoisotopic (exact) mass is 598 g/mol. The minimum atomic E-state index is -0.685. The van der Waals surface area contributed by atoms with Gasteiger partial charge < -0.3 is 20.9 Å². The van der Waals surface area contributed by atoms with Crippen molar-refractivity contribution < 1.29 is 24.2 Å². The molecule has 0 heterocycles. The average Bonchev–Trinajstić information content (AvgIpc) is 3.32. The van der Waals surface area contributed by atoms with Gasteiger partial charge in [-0.3, -0.25) is 14.4 Å². The first-order valence-electron chi connectivity index (χ1n) is 15.5. The van der Waals surface area contributed by atoms with Gasteiger partial charge in [0.15, 0.2) is 0 Å². The number of Topliss-reactive ketones (excluding diaryl/α,β-unsaturated/α-hetero) is 1. The molecule has 0 saturated heterocycles. The Hall–Kier alpha value is -2.16. The topological polar surface area (TPSA) is 119 Å². The quantitative estimate of drug-likeness (QED) is 0.201. The normalized spacial score (nSPS) is 36.9. The number of benzene rings is 1. The molecule has 4 N–H and O–H groups in total. The summed E-state index contributed by atoms with van der Waals surface area (Å²) in [6.45, 7) is 16.7. The molecule has 8 heteroatoms. The third-order valence-corrected chi connectivity index (χ3v) is 12.3. The number of ketones is 1. The fourth-order valence-electron chi connectivity index (χ4n) is 8.19. The van der Waals surface area contributed by atoms with Crippen molar-refractivity contribution in [2.45, 2.75) is 103 Å². The van der Waals surface area contributed by atoms with Gasteiger partial charge in [0.2, 0.25) is 5.91 Å². The summed E-state index contributed by atoms with van der Waals surface area (Å²) in [5.41, 5.74) is 5.39. The van der Waals surface area contributed by atoms with Gasteiger partial charge in [-0.15, -0.1) is 18.3 Å². The van der Waals surface area contributed by atoms with Crippen LogP contribution in [0.2, 0.25) is 0 Å². The lowest BCUT2D eigenvalue weighted by atomic mass is 9.44. The molecule has 0 spiro atoms. The molecule has 7 nitrogen and oxygen atoms in total. The van der Waals surface area contributed by atoms with Gasteiger partial charge in [0.1, 0.15) is 11.9 Å². The van der Waals surface area contributed by atoms with E-state index in [0.717, 1.165) is 29.7 Å². The number of hydrogen-bond donors (Lipinski definition) is 3. The van der Waals surface area contributed by atoms with Crippen LogP contribution in [0.4, 0.5) is 0 Å². The van der Waals surface area contributed by atoms with E-state index in [-0.39, 0.29) is 52.5 Å². The highest BCUT2D eigenvalue weighted by atomic mass is 32.2. The Balaban J connectivity index is 1.51. The number of rotatable bonds is 9. The van der Waals surface area contributed by atoms with Gasteiger partial charge in [-0.05, 0) is 66.5 Å². The molecule has 3 unspecified atom stereocenters. The molecule has 1 aromatic rings. The van der Waals surface area contributed by atoms with Gasteiger partial charge in [-0.25, -0.2) is 0 Å². The Morgan fingerprint density at radius 1 is 1.26 bits per heavy atom. The number of hydrogen-bond acceptors (Lipinski definition) is 7. The fourth-order valence-corrected chi connectivity index (χ4v) is 8.95. The molecule has 3 aliphatic carbocycles. The Bertz CT molecular complexity index is 1200. The maximum atomic E-state index is 13.6.